The van der Waals surface area contributed by atoms with Crippen molar-refractivity contribution in [1.29, 1.82) is 0 Å². The van der Waals surface area contributed by atoms with Gasteiger partial charge >= 0.3 is 0 Å². The van der Waals surface area contributed by atoms with Crippen LogP contribution in [-0.2, 0) is 11.2 Å². The number of benzene rings is 1. The second-order valence-electron chi connectivity index (χ2n) is 4.16. The van der Waals surface area contributed by atoms with Crippen LogP contribution in [0.2, 0.25) is 0 Å². The number of carbonyl (C=O) groups is 1. The third-order valence-electron chi connectivity index (χ3n) is 2.29. The third kappa shape index (κ3) is 5.84. The van der Waals surface area contributed by atoms with Gasteiger partial charge in [0.2, 0.25) is 0 Å². The molecule has 17 heavy (non-hydrogen) atoms. The van der Waals surface area contributed by atoms with Gasteiger partial charge in [0.05, 0.1) is 5.75 Å². The number of ketones is 1. The van der Waals surface area contributed by atoms with Crippen molar-refractivity contribution in [3.63, 3.8) is 0 Å². The molecule has 0 radical (unpaired) electrons. The molecule has 1 aromatic rings. The second-order valence-corrected chi connectivity index (χ2v) is 5.27. The molecule has 0 unspecified atom stereocenters. The van der Waals surface area contributed by atoms with Crippen LogP contribution in [0.5, 0.6) is 0 Å². The number of hydrogen-bond donors (Lipinski definition) is 0. The molecule has 0 aliphatic heterocycles. The number of hydrogen-bond acceptors (Lipinski definition) is 3. The molecular weight excluding hydrogens is 237 g/mol. The summed E-state index contributed by atoms with van der Waals surface area (Å²) in [6.07, 6.45) is 0.196. The Balaban J connectivity index is 2.28. The Kier molecular flexibility index (Phi) is 6.22. The van der Waals surface area contributed by atoms with Crippen molar-refractivity contribution in [2.75, 3.05) is 32.1 Å². The summed E-state index contributed by atoms with van der Waals surface area (Å²) < 4.78 is 13.3. The predicted molar refractivity (Wildman–Crippen MR) is 71.0 cm³/mol. The fourth-order valence-corrected chi connectivity index (χ4v) is 2.31. The molecule has 0 amide bonds. The van der Waals surface area contributed by atoms with E-state index in [1.807, 2.05) is 14.1 Å². The molecule has 0 aliphatic rings. The fourth-order valence-electron chi connectivity index (χ4n) is 1.34. The van der Waals surface area contributed by atoms with E-state index in [0.29, 0.717) is 11.3 Å². The summed E-state index contributed by atoms with van der Waals surface area (Å²) in [5.74, 6) is 1.18. The van der Waals surface area contributed by atoms with Crippen molar-refractivity contribution in [3.05, 3.63) is 35.6 Å². The van der Waals surface area contributed by atoms with Crippen LogP contribution in [0, 0.1) is 5.82 Å². The van der Waals surface area contributed by atoms with E-state index >= 15 is 0 Å². The zero-order valence-electron chi connectivity index (χ0n) is 10.3. The Morgan fingerprint density at radius 1 is 1.35 bits per heavy atom. The SMILES string of the molecule is CN(C)CCSCC(=O)Cc1ccccc1F. The number of rotatable bonds is 7. The quantitative estimate of drug-likeness (QED) is 0.697. The molecule has 0 N–H and O–H groups in total. The first-order valence-corrected chi connectivity index (χ1v) is 6.72. The number of thioether (sulfide) groups is 1. The fraction of sp³-hybridized carbons (Fsp3) is 0.462. The maximum absolute atomic E-state index is 13.3. The van der Waals surface area contributed by atoms with Gasteiger partial charge in [-0.2, -0.15) is 11.8 Å². The summed E-state index contributed by atoms with van der Waals surface area (Å²) in [5, 5.41) is 0. The first kappa shape index (κ1) is 14.2. The molecule has 4 heteroatoms. The van der Waals surface area contributed by atoms with Gasteiger partial charge in [0.15, 0.2) is 0 Å². The normalized spacial score (nSPS) is 10.8. The number of halogens is 1. The molecule has 1 aromatic carbocycles. The minimum atomic E-state index is -0.292. The van der Waals surface area contributed by atoms with Crippen LogP contribution < -0.4 is 0 Å². The molecule has 2 nitrogen and oxygen atoms in total. The molecule has 0 bridgehead atoms. The molecular formula is C13H18FNOS. The molecule has 0 heterocycles. The molecule has 0 spiro atoms. The molecule has 0 saturated carbocycles. The van der Waals surface area contributed by atoms with E-state index in [4.69, 9.17) is 0 Å². The lowest BCUT2D eigenvalue weighted by Gasteiger charge is -2.08. The molecule has 0 saturated heterocycles. The lowest BCUT2D eigenvalue weighted by atomic mass is 10.1. The summed E-state index contributed by atoms with van der Waals surface area (Å²) in [5.41, 5.74) is 0.491. The maximum atomic E-state index is 13.3. The van der Waals surface area contributed by atoms with Gasteiger partial charge in [-0.3, -0.25) is 4.79 Å². The van der Waals surface area contributed by atoms with Crippen molar-refractivity contribution in [2.45, 2.75) is 6.42 Å². The monoisotopic (exact) mass is 255 g/mol. The summed E-state index contributed by atoms with van der Waals surface area (Å²) >= 11 is 1.60. The zero-order valence-corrected chi connectivity index (χ0v) is 11.1. The lowest BCUT2D eigenvalue weighted by Crippen LogP contribution is -2.16. The van der Waals surface area contributed by atoms with Crippen LogP contribution in [0.3, 0.4) is 0 Å². The first-order valence-electron chi connectivity index (χ1n) is 5.57. The Morgan fingerprint density at radius 3 is 2.71 bits per heavy atom. The van der Waals surface area contributed by atoms with E-state index in [1.165, 1.54) is 6.07 Å². The lowest BCUT2D eigenvalue weighted by molar-refractivity contribution is -0.116. The number of carbonyl (C=O) groups excluding carboxylic acids is 1. The van der Waals surface area contributed by atoms with Gasteiger partial charge in [-0.05, 0) is 25.7 Å². The van der Waals surface area contributed by atoms with E-state index in [9.17, 15) is 9.18 Å². The van der Waals surface area contributed by atoms with Crippen molar-refractivity contribution >= 4 is 17.5 Å². The van der Waals surface area contributed by atoms with E-state index in [0.717, 1.165) is 12.3 Å². The largest absolute Gasteiger partial charge is 0.309 e. The standard InChI is InChI=1S/C13H18FNOS/c1-15(2)7-8-17-10-12(16)9-11-5-3-4-6-13(11)14/h3-6H,7-10H2,1-2H3. The Morgan fingerprint density at radius 2 is 2.06 bits per heavy atom. The molecule has 0 aliphatic carbocycles. The maximum Gasteiger partial charge on any atom is 0.147 e. The highest BCUT2D eigenvalue weighted by atomic mass is 32.2. The molecule has 0 atom stereocenters. The van der Waals surface area contributed by atoms with Crippen LogP contribution in [0.25, 0.3) is 0 Å². The summed E-state index contributed by atoms with van der Waals surface area (Å²) in [4.78, 5) is 13.7. The Labute approximate surface area is 106 Å². The highest BCUT2D eigenvalue weighted by molar-refractivity contribution is 7.99. The highest BCUT2D eigenvalue weighted by Gasteiger charge is 2.07. The van der Waals surface area contributed by atoms with Gasteiger partial charge in [-0.1, -0.05) is 18.2 Å². The van der Waals surface area contributed by atoms with Crippen LogP contribution in [0.15, 0.2) is 24.3 Å². The number of Topliss-reactive ketones (excluding diaryl/α,β-unsaturated/α-hetero) is 1. The molecule has 0 aromatic heterocycles. The Hall–Kier alpha value is -0.870. The second kappa shape index (κ2) is 7.45. The van der Waals surface area contributed by atoms with Gasteiger partial charge in [0.1, 0.15) is 11.6 Å². The minimum absolute atomic E-state index is 0.0823. The number of nitrogens with zero attached hydrogens (tertiary/aromatic N) is 1. The van der Waals surface area contributed by atoms with Crippen LogP contribution in [0.4, 0.5) is 4.39 Å². The van der Waals surface area contributed by atoms with Crippen molar-refractivity contribution in [3.8, 4) is 0 Å². The van der Waals surface area contributed by atoms with E-state index < -0.39 is 0 Å². The van der Waals surface area contributed by atoms with Gasteiger partial charge in [0.25, 0.3) is 0 Å². The minimum Gasteiger partial charge on any atom is -0.309 e. The van der Waals surface area contributed by atoms with E-state index in [-0.39, 0.29) is 18.0 Å². The van der Waals surface area contributed by atoms with Crippen molar-refractivity contribution in [2.24, 2.45) is 0 Å². The smallest absolute Gasteiger partial charge is 0.147 e. The van der Waals surface area contributed by atoms with Gasteiger partial charge < -0.3 is 4.90 Å². The highest BCUT2D eigenvalue weighted by Crippen LogP contribution is 2.09. The van der Waals surface area contributed by atoms with E-state index in [1.54, 1.807) is 30.0 Å². The average Bonchev–Trinajstić information content (AvgIpc) is 2.27. The van der Waals surface area contributed by atoms with Crippen molar-refractivity contribution < 1.29 is 9.18 Å². The Bertz CT molecular complexity index is 368. The van der Waals surface area contributed by atoms with E-state index in [2.05, 4.69) is 4.90 Å². The van der Waals surface area contributed by atoms with Crippen LogP contribution in [-0.4, -0.2) is 42.8 Å². The first-order chi connectivity index (χ1) is 8.09. The summed E-state index contributed by atoms with van der Waals surface area (Å²) in [6, 6.07) is 6.44. The summed E-state index contributed by atoms with van der Waals surface area (Å²) in [7, 11) is 4.00. The van der Waals surface area contributed by atoms with Crippen LogP contribution in [0.1, 0.15) is 5.56 Å². The molecule has 1 rings (SSSR count). The van der Waals surface area contributed by atoms with Crippen LogP contribution >= 0.6 is 11.8 Å². The van der Waals surface area contributed by atoms with Gasteiger partial charge in [-0.15, -0.1) is 0 Å². The van der Waals surface area contributed by atoms with Gasteiger partial charge in [-0.25, -0.2) is 4.39 Å². The summed E-state index contributed by atoms with van der Waals surface area (Å²) in [6.45, 7) is 0.956. The predicted octanol–water partition coefficient (Wildman–Crippen LogP) is 2.23. The third-order valence-corrected chi connectivity index (χ3v) is 3.29. The zero-order chi connectivity index (χ0) is 12.7. The topological polar surface area (TPSA) is 20.3 Å². The average molecular weight is 255 g/mol. The molecule has 0 fully saturated rings. The van der Waals surface area contributed by atoms with Crippen molar-refractivity contribution in [1.82, 2.24) is 4.90 Å². The molecule has 94 valence electrons. The van der Waals surface area contributed by atoms with Gasteiger partial charge in [0, 0.05) is 18.7 Å².